The van der Waals surface area contributed by atoms with Crippen molar-refractivity contribution in [1.29, 1.82) is 0 Å². The Morgan fingerprint density at radius 2 is 1.74 bits per heavy atom. The second kappa shape index (κ2) is 13.8. The van der Waals surface area contributed by atoms with Crippen molar-refractivity contribution in [1.82, 2.24) is 20.7 Å². The van der Waals surface area contributed by atoms with E-state index >= 15 is 0 Å². The lowest BCUT2D eigenvalue weighted by Crippen LogP contribution is -2.56. The minimum Gasteiger partial charge on any atom is -0.490 e. The molecule has 7 rings (SSSR count). The Morgan fingerprint density at radius 1 is 1.00 bits per heavy atom. The molecule has 1 aliphatic heterocycles. The molecule has 4 bridgehead atoms. The van der Waals surface area contributed by atoms with Gasteiger partial charge in [-0.1, -0.05) is 62.3 Å². The van der Waals surface area contributed by atoms with Crippen LogP contribution in [0.3, 0.4) is 0 Å². The fraction of sp³-hybridized carbons (Fsp3) is 0.462. The summed E-state index contributed by atoms with van der Waals surface area (Å²) in [5.74, 6) is -4.17. The van der Waals surface area contributed by atoms with E-state index in [1.165, 1.54) is 6.08 Å². The summed E-state index contributed by atoms with van der Waals surface area (Å²) in [5, 5.41) is 12.6. The molecule has 0 unspecified atom stereocenters. The molecule has 4 amide bonds. The first kappa shape index (κ1) is 36.4. The van der Waals surface area contributed by atoms with Crippen LogP contribution in [0, 0.1) is 23.2 Å². The molecule has 1 heterocycles. The van der Waals surface area contributed by atoms with E-state index in [1.54, 1.807) is 12.2 Å². The van der Waals surface area contributed by atoms with Crippen LogP contribution in [-0.4, -0.2) is 73.8 Å². The first-order valence-electron chi connectivity index (χ1n) is 18.1. The van der Waals surface area contributed by atoms with Crippen molar-refractivity contribution < 1.29 is 37.2 Å². The van der Waals surface area contributed by atoms with Crippen molar-refractivity contribution in [2.75, 3.05) is 13.2 Å². The third kappa shape index (κ3) is 7.20. The van der Waals surface area contributed by atoms with Crippen molar-refractivity contribution in [2.45, 2.75) is 75.8 Å². The molecule has 0 aromatic heterocycles. The standard InChI is InChI=1S/C39H45N5O8S/c1-5-22-21-39(22,37(48)44-53(49,50)25-13-14-25)42-35(46)31-20-24-19-30(31)34(45)41-33(38(2,3)4)36(47)40-16-8-9-17-51-23-12-15-27-26-10-6-7-11-28(26)32(43-52-24)29(27)18-23/h5-12,15,18,22,24-25,30-31,33H,1,13-14,16-17,19-21H2,2-4H3,(H,40,47)(H,41,45)(H,42,46)(H,44,48)/b9-8+,43-32-/t22-,24-,30+,31+,33-,39+/m0/s1. The summed E-state index contributed by atoms with van der Waals surface area (Å²) < 4.78 is 33.5. The maximum Gasteiger partial charge on any atom is 0.259 e. The molecular weight excluding hydrogens is 699 g/mol. The molecule has 5 aliphatic rings. The topological polar surface area (TPSA) is 181 Å². The average molecular weight is 744 g/mol. The lowest BCUT2D eigenvalue weighted by atomic mass is 9.85. The summed E-state index contributed by atoms with van der Waals surface area (Å²) in [5.41, 5.74) is 1.99. The van der Waals surface area contributed by atoms with Crippen LogP contribution < -0.4 is 25.4 Å². The maximum absolute atomic E-state index is 14.2. The monoisotopic (exact) mass is 743 g/mol. The summed E-state index contributed by atoms with van der Waals surface area (Å²) in [4.78, 5) is 61.5. The molecular formula is C39H45N5O8S. The van der Waals surface area contributed by atoms with Crippen LogP contribution in [0.1, 0.15) is 64.0 Å². The number of carbonyl (C=O) groups is 4. The number of carbonyl (C=O) groups excluding carboxylic acids is 4. The largest absolute Gasteiger partial charge is 0.490 e. The van der Waals surface area contributed by atoms with E-state index in [-0.39, 0.29) is 32.4 Å². The minimum absolute atomic E-state index is 0.0758. The van der Waals surface area contributed by atoms with Crippen LogP contribution in [0.4, 0.5) is 0 Å². The molecule has 280 valence electrons. The number of nitrogens with zero attached hydrogens (tertiary/aromatic N) is 1. The zero-order valence-corrected chi connectivity index (χ0v) is 30.8. The summed E-state index contributed by atoms with van der Waals surface area (Å²) in [6.45, 7) is 9.75. The lowest BCUT2D eigenvalue weighted by molar-refractivity contribution is -0.138. The summed E-state index contributed by atoms with van der Waals surface area (Å²) in [6, 6.07) is 12.6. The van der Waals surface area contributed by atoms with Gasteiger partial charge in [-0.15, -0.1) is 6.58 Å². The first-order chi connectivity index (χ1) is 25.2. The van der Waals surface area contributed by atoms with Crippen LogP contribution in [0.2, 0.25) is 0 Å². The highest BCUT2D eigenvalue weighted by molar-refractivity contribution is 7.91. The van der Waals surface area contributed by atoms with Gasteiger partial charge < -0.3 is 25.5 Å². The van der Waals surface area contributed by atoms with Gasteiger partial charge in [0.05, 0.1) is 17.1 Å². The SMILES string of the molecule is C=C[C@H]1C[C@]1(NC(=O)[C@@H]1C[C@@H]2C[C@H]1C(=O)N[C@H](C(C)(C)C)C(=O)NC/C=C/COc1ccc3c(c1)/C(=N\O2)c1ccccc1-3)C(=O)NS(=O)(=O)C1CC1. The average Bonchev–Trinajstić information content (AvgIpc) is 4.03. The second-order valence-electron chi connectivity index (χ2n) is 15.6. The van der Waals surface area contributed by atoms with Gasteiger partial charge >= 0.3 is 0 Å². The molecule has 0 saturated heterocycles. The molecule has 6 atom stereocenters. The highest BCUT2D eigenvalue weighted by atomic mass is 32.2. The molecule has 4 N–H and O–H groups in total. The minimum atomic E-state index is -3.88. The van der Waals surface area contributed by atoms with Crippen molar-refractivity contribution >= 4 is 39.4 Å². The van der Waals surface area contributed by atoms with E-state index in [4.69, 9.17) is 9.57 Å². The van der Waals surface area contributed by atoms with E-state index < -0.39 is 79.8 Å². The Morgan fingerprint density at radius 3 is 2.43 bits per heavy atom. The van der Waals surface area contributed by atoms with E-state index in [0.29, 0.717) is 24.3 Å². The second-order valence-corrected chi connectivity index (χ2v) is 17.6. The van der Waals surface area contributed by atoms with Crippen molar-refractivity contribution in [2.24, 2.45) is 28.3 Å². The Bertz CT molecular complexity index is 2030. The zero-order chi connectivity index (χ0) is 37.7. The summed E-state index contributed by atoms with van der Waals surface area (Å²) >= 11 is 0. The Hall–Kier alpha value is -4.98. The molecule has 3 saturated carbocycles. The number of rotatable bonds is 6. The molecule has 53 heavy (non-hydrogen) atoms. The van der Waals surface area contributed by atoms with Gasteiger partial charge in [0, 0.05) is 23.6 Å². The van der Waals surface area contributed by atoms with Gasteiger partial charge in [-0.2, -0.15) is 0 Å². The molecule has 0 radical (unpaired) electrons. The van der Waals surface area contributed by atoms with E-state index in [9.17, 15) is 27.6 Å². The normalized spacial score (nSPS) is 29.9. The van der Waals surface area contributed by atoms with E-state index in [0.717, 1.165) is 22.3 Å². The predicted octanol–water partition coefficient (Wildman–Crippen LogP) is 3.10. The Kier molecular flexibility index (Phi) is 9.46. The number of oxime groups is 1. The number of hydrogen-bond donors (Lipinski definition) is 4. The van der Waals surface area contributed by atoms with E-state index in [1.807, 2.05) is 63.2 Å². The Labute approximate surface area is 309 Å². The fourth-order valence-corrected chi connectivity index (χ4v) is 8.87. The van der Waals surface area contributed by atoms with Gasteiger partial charge in [0.1, 0.15) is 35.8 Å². The number of ether oxygens (including phenoxy) is 1. The number of sulfonamides is 1. The van der Waals surface area contributed by atoms with Crippen LogP contribution >= 0.6 is 0 Å². The van der Waals surface area contributed by atoms with Crippen LogP contribution in [0.15, 0.2) is 72.4 Å². The van der Waals surface area contributed by atoms with Gasteiger partial charge in [0.2, 0.25) is 27.7 Å². The highest BCUT2D eigenvalue weighted by Gasteiger charge is 2.62. The number of fused-ring (bicyclic) bond motifs is 6. The van der Waals surface area contributed by atoms with Crippen molar-refractivity contribution in [3.63, 3.8) is 0 Å². The van der Waals surface area contributed by atoms with Gasteiger partial charge in [-0.05, 0) is 72.9 Å². The molecule has 0 spiro atoms. The smallest absolute Gasteiger partial charge is 0.259 e. The molecule has 3 fully saturated rings. The van der Waals surface area contributed by atoms with Gasteiger partial charge in [0.25, 0.3) is 5.91 Å². The summed E-state index contributed by atoms with van der Waals surface area (Å²) in [6.07, 6.45) is 5.66. The number of nitrogens with one attached hydrogen (secondary N) is 4. The van der Waals surface area contributed by atoms with Crippen LogP contribution in [0.25, 0.3) is 11.1 Å². The van der Waals surface area contributed by atoms with Gasteiger partial charge in [-0.25, -0.2) is 8.42 Å². The maximum atomic E-state index is 14.2. The lowest BCUT2D eigenvalue weighted by Gasteiger charge is -2.32. The van der Waals surface area contributed by atoms with Crippen LogP contribution in [-0.2, 0) is 34.0 Å². The molecule has 2 aromatic rings. The van der Waals surface area contributed by atoms with Crippen molar-refractivity contribution in [3.8, 4) is 16.9 Å². The van der Waals surface area contributed by atoms with Gasteiger partial charge in [0.15, 0.2) is 0 Å². The quantitative estimate of drug-likeness (QED) is 0.278. The highest BCUT2D eigenvalue weighted by Crippen LogP contribution is 2.47. The third-order valence-electron chi connectivity index (χ3n) is 10.8. The molecule has 14 heteroatoms. The molecule has 4 aliphatic carbocycles. The Balaban J connectivity index is 1.21. The van der Waals surface area contributed by atoms with Gasteiger partial charge in [-0.3, -0.25) is 23.9 Å². The van der Waals surface area contributed by atoms with Crippen LogP contribution in [0.5, 0.6) is 5.75 Å². The number of amides is 4. The fourth-order valence-electron chi connectivity index (χ4n) is 7.51. The zero-order valence-electron chi connectivity index (χ0n) is 30.0. The van der Waals surface area contributed by atoms with E-state index in [2.05, 4.69) is 32.4 Å². The predicted molar refractivity (Wildman–Crippen MR) is 197 cm³/mol. The molecule has 13 nitrogen and oxygen atoms in total. The third-order valence-corrected chi connectivity index (χ3v) is 12.6. The number of hydrogen-bond acceptors (Lipinski definition) is 9. The first-order valence-corrected chi connectivity index (χ1v) is 19.6. The van der Waals surface area contributed by atoms with Crippen molar-refractivity contribution in [3.05, 3.63) is 78.4 Å². The molecule has 2 aromatic carbocycles. The number of benzene rings is 2. The summed E-state index contributed by atoms with van der Waals surface area (Å²) in [7, 11) is -3.88.